The number of rotatable bonds is 2. The fourth-order valence-corrected chi connectivity index (χ4v) is 2.26. The van der Waals surface area contributed by atoms with E-state index in [1.807, 2.05) is 0 Å². The monoisotopic (exact) mass is 203 g/mol. The highest BCUT2D eigenvalue weighted by molar-refractivity contribution is 7.09. The molecule has 3 rings (SSSR count). The fourth-order valence-electron chi connectivity index (χ4n) is 1.77. The van der Waals surface area contributed by atoms with Crippen LogP contribution in [-0.4, -0.2) is 9.36 Å². The molecule has 1 aromatic heterocycles. The van der Waals surface area contributed by atoms with Crippen LogP contribution in [0.5, 0.6) is 0 Å². The molecule has 0 radical (unpaired) electrons. The SMILES string of the molecule is c1ccc2c(c1)CC2Nc1ncns1. The molecule has 0 spiro atoms. The van der Waals surface area contributed by atoms with Crippen LogP contribution in [0.3, 0.4) is 0 Å². The molecule has 14 heavy (non-hydrogen) atoms. The van der Waals surface area contributed by atoms with E-state index in [2.05, 4.69) is 38.9 Å². The first-order valence-electron chi connectivity index (χ1n) is 4.54. The van der Waals surface area contributed by atoms with E-state index in [-0.39, 0.29) is 0 Å². The number of benzene rings is 1. The average molecular weight is 203 g/mol. The summed E-state index contributed by atoms with van der Waals surface area (Å²) in [6.07, 6.45) is 2.67. The maximum Gasteiger partial charge on any atom is 0.202 e. The van der Waals surface area contributed by atoms with Gasteiger partial charge in [-0.25, -0.2) is 4.98 Å². The highest BCUT2D eigenvalue weighted by atomic mass is 32.1. The lowest BCUT2D eigenvalue weighted by molar-refractivity contribution is 0.682. The van der Waals surface area contributed by atoms with E-state index in [4.69, 9.17) is 0 Å². The Bertz CT molecular complexity index is 438. The molecule has 0 amide bonds. The van der Waals surface area contributed by atoms with Gasteiger partial charge in [0.15, 0.2) is 0 Å². The topological polar surface area (TPSA) is 37.8 Å². The molecule has 0 saturated carbocycles. The Morgan fingerprint density at radius 3 is 3.07 bits per heavy atom. The summed E-state index contributed by atoms with van der Waals surface area (Å²) in [5.74, 6) is 0. The van der Waals surface area contributed by atoms with Crippen molar-refractivity contribution in [2.75, 3.05) is 5.32 Å². The largest absolute Gasteiger partial charge is 0.353 e. The Hall–Kier alpha value is -1.42. The quantitative estimate of drug-likeness (QED) is 0.813. The maximum absolute atomic E-state index is 4.11. The zero-order valence-electron chi connectivity index (χ0n) is 7.47. The fraction of sp³-hybridized carbons (Fsp3) is 0.200. The first-order chi connectivity index (χ1) is 6.93. The molecule has 1 unspecified atom stereocenters. The number of aromatic nitrogens is 2. The van der Waals surface area contributed by atoms with Gasteiger partial charge in [0.1, 0.15) is 6.33 Å². The second-order valence-electron chi connectivity index (χ2n) is 3.35. The van der Waals surface area contributed by atoms with Gasteiger partial charge in [0.2, 0.25) is 5.13 Å². The van der Waals surface area contributed by atoms with E-state index in [1.54, 1.807) is 6.33 Å². The third-order valence-corrected chi connectivity index (χ3v) is 3.11. The van der Waals surface area contributed by atoms with Gasteiger partial charge in [0, 0.05) is 11.5 Å². The van der Waals surface area contributed by atoms with E-state index in [0.29, 0.717) is 6.04 Å². The zero-order chi connectivity index (χ0) is 9.38. The molecule has 4 heteroatoms. The lowest BCUT2D eigenvalue weighted by Crippen LogP contribution is -2.23. The molecule has 70 valence electrons. The number of nitrogens with one attached hydrogen (secondary N) is 1. The van der Waals surface area contributed by atoms with Crippen molar-refractivity contribution < 1.29 is 0 Å². The molecule has 1 N–H and O–H groups in total. The Labute approximate surface area is 86.0 Å². The standard InChI is InChI=1S/C10H9N3S/c1-2-4-8-7(3-1)5-9(8)13-10-11-6-12-14-10/h1-4,6,9H,5H2,(H,11,12,13). The number of hydrogen-bond donors (Lipinski definition) is 1. The zero-order valence-corrected chi connectivity index (χ0v) is 8.29. The van der Waals surface area contributed by atoms with Crippen molar-refractivity contribution >= 4 is 16.7 Å². The van der Waals surface area contributed by atoms with Crippen LogP contribution in [0.1, 0.15) is 17.2 Å². The number of anilines is 1. The van der Waals surface area contributed by atoms with Crippen LogP contribution in [0, 0.1) is 0 Å². The van der Waals surface area contributed by atoms with Gasteiger partial charge < -0.3 is 5.32 Å². The van der Waals surface area contributed by atoms with Crippen LogP contribution in [0.4, 0.5) is 5.13 Å². The molecule has 0 fully saturated rings. The first kappa shape index (κ1) is 7.94. The van der Waals surface area contributed by atoms with Crippen molar-refractivity contribution in [3.8, 4) is 0 Å². The van der Waals surface area contributed by atoms with Crippen LogP contribution >= 0.6 is 11.5 Å². The molecule has 3 nitrogen and oxygen atoms in total. The summed E-state index contributed by atoms with van der Waals surface area (Å²) in [6.45, 7) is 0. The van der Waals surface area contributed by atoms with E-state index in [9.17, 15) is 0 Å². The molecule has 0 bridgehead atoms. The summed E-state index contributed by atoms with van der Waals surface area (Å²) < 4.78 is 3.96. The Balaban J connectivity index is 1.80. The minimum absolute atomic E-state index is 0.430. The average Bonchev–Trinajstić information content (AvgIpc) is 2.67. The second-order valence-corrected chi connectivity index (χ2v) is 4.13. The molecule has 2 aromatic rings. The van der Waals surface area contributed by atoms with Gasteiger partial charge in [0.25, 0.3) is 0 Å². The van der Waals surface area contributed by atoms with E-state index in [0.717, 1.165) is 11.6 Å². The lowest BCUT2D eigenvalue weighted by Gasteiger charge is -2.30. The minimum Gasteiger partial charge on any atom is -0.353 e. The van der Waals surface area contributed by atoms with E-state index in [1.165, 1.54) is 22.7 Å². The van der Waals surface area contributed by atoms with Gasteiger partial charge >= 0.3 is 0 Å². The van der Waals surface area contributed by atoms with Crippen molar-refractivity contribution in [3.63, 3.8) is 0 Å². The number of nitrogens with zero attached hydrogens (tertiary/aromatic N) is 2. The predicted octanol–water partition coefficient (Wildman–Crippen LogP) is 2.25. The molecular weight excluding hydrogens is 194 g/mol. The normalized spacial score (nSPS) is 18.4. The molecule has 0 aliphatic heterocycles. The minimum atomic E-state index is 0.430. The number of hydrogen-bond acceptors (Lipinski definition) is 4. The third kappa shape index (κ3) is 1.19. The van der Waals surface area contributed by atoms with E-state index >= 15 is 0 Å². The summed E-state index contributed by atoms with van der Waals surface area (Å²) in [7, 11) is 0. The maximum atomic E-state index is 4.11. The van der Waals surface area contributed by atoms with Gasteiger partial charge in [0.05, 0.1) is 6.04 Å². The van der Waals surface area contributed by atoms with Gasteiger partial charge in [-0.2, -0.15) is 4.37 Å². The number of fused-ring (bicyclic) bond motifs is 1. The smallest absolute Gasteiger partial charge is 0.202 e. The molecular formula is C10H9N3S. The highest BCUT2D eigenvalue weighted by Crippen LogP contribution is 2.35. The van der Waals surface area contributed by atoms with Crippen LogP contribution in [0.15, 0.2) is 30.6 Å². The van der Waals surface area contributed by atoms with Crippen molar-refractivity contribution in [1.29, 1.82) is 0 Å². The summed E-state index contributed by atoms with van der Waals surface area (Å²) in [5.41, 5.74) is 2.83. The molecule has 1 atom stereocenters. The molecule has 1 heterocycles. The van der Waals surface area contributed by atoms with E-state index < -0.39 is 0 Å². The summed E-state index contributed by atoms with van der Waals surface area (Å²) in [5, 5.41) is 4.27. The van der Waals surface area contributed by atoms with Crippen molar-refractivity contribution in [2.45, 2.75) is 12.5 Å². The summed E-state index contributed by atoms with van der Waals surface area (Å²) in [4.78, 5) is 4.11. The third-order valence-electron chi connectivity index (χ3n) is 2.51. The van der Waals surface area contributed by atoms with Gasteiger partial charge in [-0.05, 0) is 17.5 Å². The predicted molar refractivity (Wildman–Crippen MR) is 56.4 cm³/mol. The first-order valence-corrected chi connectivity index (χ1v) is 5.32. The van der Waals surface area contributed by atoms with Crippen molar-refractivity contribution in [1.82, 2.24) is 9.36 Å². The summed E-state index contributed by atoms with van der Waals surface area (Å²) in [6, 6.07) is 8.93. The lowest BCUT2D eigenvalue weighted by atomic mass is 9.83. The van der Waals surface area contributed by atoms with Crippen molar-refractivity contribution in [2.24, 2.45) is 0 Å². The van der Waals surface area contributed by atoms with Crippen LogP contribution in [0.25, 0.3) is 0 Å². The Kier molecular flexibility index (Phi) is 1.73. The van der Waals surface area contributed by atoms with Gasteiger partial charge in [-0.3, -0.25) is 0 Å². The Morgan fingerprint density at radius 2 is 2.29 bits per heavy atom. The van der Waals surface area contributed by atoms with Gasteiger partial charge in [-0.15, -0.1) is 0 Å². The highest BCUT2D eigenvalue weighted by Gasteiger charge is 2.25. The molecule has 1 aliphatic carbocycles. The van der Waals surface area contributed by atoms with Crippen LogP contribution < -0.4 is 5.32 Å². The van der Waals surface area contributed by atoms with Crippen molar-refractivity contribution in [3.05, 3.63) is 41.7 Å². The molecule has 1 aromatic carbocycles. The second kappa shape index (κ2) is 3.06. The molecule has 1 aliphatic rings. The summed E-state index contributed by atoms with van der Waals surface area (Å²) >= 11 is 1.40. The molecule has 0 saturated heterocycles. The van der Waals surface area contributed by atoms with Crippen LogP contribution in [0.2, 0.25) is 0 Å². The van der Waals surface area contributed by atoms with Crippen LogP contribution in [-0.2, 0) is 6.42 Å². The van der Waals surface area contributed by atoms with Gasteiger partial charge in [-0.1, -0.05) is 24.3 Å². The Morgan fingerprint density at radius 1 is 1.36 bits per heavy atom.